The number of carbonyl (C=O) groups excluding carboxylic acids is 2. The lowest BCUT2D eigenvalue weighted by atomic mass is 9.92. The zero-order chi connectivity index (χ0) is 18.5. The summed E-state index contributed by atoms with van der Waals surface area (Å²) in [6, 6.07) is 10.3. The van der Waals surface area contributed by atoms with Gasteiger partial charge in [0.15, 0.2) is 5.78 Å². The molecule has 0 bridgehead atoms. The lowest BCUT2D eigenvalue weighted by Crippen LogP contribution is -2.25. The Balaban J connectivity index is 1.77. The van der Waals surface area contributed by atoms with Crippen LogP contribution in [-0.2, 0) is 40.7 Å². The third kappa shape index (κ3) is 2.70. The molecule has 0 N–H and O–H groups in total. The van der Waals surface area contributed by atoms with Gasteiger partial charge in [-0.05, 0) is 47.7 Å². The highest BCUT2D eigenvalue weighted by atomic mass is 32.2. The molecule has 2 aromatic rings. The van der Waals surface area contributed by atoms with Crippen molar-refractivity contribution in [3.8, 4) is 0 Å². The minimum absolute atomic E-state index is 0.0401. The fourth-order valence-electron chi connectivity index (χ4n) is 3.95. The molecule has 0 aromatic heterocycles. The monoisotopic (exact) mass is 369 g/mol. The molecule has 6 heteroatoms. The molecule has 2 aliphatic rings. The number of nitrogens with zero attached hydrogens (tertiary/aromatic N) is 1. The van der Waals surface area contributed by atoms with Crippen LogP contribution >= 0.6 is 0 Å². The first-order valence-corrected chi connectivity index (χ1v) is 10.1. The fourth-order valence-corrected chi connectivity index (χ4v) is 5.36. The average molecular weight is 369 g/mol. The van der Waals surface area contributed by atoms with E-state index in [2.05, 4.69) is 0 Å². The van der Waals surface area contributed by atoms with Crippen LogP contribution in [0.15, 0.2) is 41.3 Å². The number of rotatable bonds is 4. The first kappa shape index (κ1) is 17.1. The summed E-state index contributed by atoms with van der Waals surface area (Å²) in [5.74, 6) is 0.0962. The van der Waals surface area contributed by atoms with Crippen LogP contribution < -0.4 is 0 Å². The topological polar surface area (TPSA) is 71.5 Å². The molecule has 1 aliphatic heterocycles. The van der Waals surface area contributed by atoms with Crippen molar-refractivity contribution in [2.24, 2.45) is 0 Å². The van der Waals surface area contributed by atoms with Crippen LogP contribution in [0.5, 0.6) is 0 Å². The Morgan fingerprint density at radius 3 is 2.50 bits per heavy atom. The largest absolute Gasteiger partial charge is 0.300 e. The maximum Gasteiger partial charge on any atom is 0.243 e. The van der Waals surface area contributed by atoms with Crippen molar-refractivity contribution in [3.63, 3.8) is 0 Å². The summed E-state index contributed by atoms with van der Waals surface area (Å²) < 4.78 is 27.3. The normalized spacial score (nSPS) is 16.6. The highest BCUT2D eigenvalue weighted by molar-refractivity contribution is 7.89. The van der Waals surface area contributed by atoms with Crippen LogP contribution in [0.25, 0.3) is 0 Å². The Kier molecular flexibility index (Phi) is 4.04. The molecular weight excluding hydrogens is 350 g/mol. The minimum atomic E-state index is -3.62. The molecule has 26 heavy (non-hydrogen) atoms. The molecule has 0 fully saturated rings. The fraction of sp³-hybridized carbons (Fsp3) is 0.300. The van der Waals surface area contributed by atoms with E-state index in [1.165, 1.54) is 11.2 Å². The maximum absolute atomic E-state index is 12.9. The van der Waals surface area contributed by atoms with Crippen LogP contribution in [-0.4, -0.2) is 24.3 Å². The van der Waals surface area contributed by atoms with Gasteiger partial charge in [-0.3, -0.25) is 9.59 Å². The summed E-state index contributed by atoms with van der Waals surface area (Å²) in [7, 11) is -3.62. The third-order valence-electron chi connectivity index (χ3n) is 5.11. The van der Waals surface area contributed by atoms with Gasteiger partial charge in [-0.2, -0.15) is 4.31 Å². The van der Waals surface area contributed by atoms with E-state index in [0.29, 0.717) is 18.4 Å². The highest BCUT2D eigenvalue weighted by Crippen LogP contribution is 2.38. The standard InChI is InChI=1S/C20H19NO4S/c1-13(22)9-14-10-15-11-21(26(24,25)16-5-3-2-4-6-16)12-18(15)20-17(14)7-8-19(20)23/h2-6,10H,7-9,11-12H2,1H3. The number of carbonyl (C=O) groups is 2. The number of Topliss-reactive ketones (excluding diaryl/α,β-unsaturated/α-hetero) is 2. The number of hydrogen-bond donors (Lipinski definition) is 0. The molecule has 0 saturated heterocycles. The Hall–Kier alpha value is -2.31. The van der Waals surface area contributed by atoms with Crippen molar-refractivity contribution in [2.45, 2.75) is 44.2 Å². The Bertz CT molecular complexity index is 1030. The Morgan fingerprint density at radius 1 is 1.08 bits per heavy atom. The van der Waals surface area contributed by atoms with Gasteiger partial charge in [-0.1, -0.05) is 24.3 Å². The highest BCUT2D eigenvalue weighted by Gasteiger charge is 2.36. The predicted octanol–water partition coefficient (Wildman–Crippen LogP) is 2.65. The summed E-state index contributed by atoms with van der Waals surface area (Å²) in [6.45, 7) is 1.97. The molecule has 134 valence electrons. The van der Waals surface area contributed by atoms with E-state index in [-0.39, 0.29) is 36.0 Å². The number of benzene rings is 2. The van der Waals surface area contributed by atoms with Gasteiger partial charge >= 0.3 is 0 Å². The molecule has 1 aliphatic carbocycles. The lowest BCUT2D eigenvalue weighted by Gasteiger charge is -2.15. The molecule has 5 nitrogen and oxygen atoms in total. The van der Waals surface area contributed by atoms with Gasteiger partial charge in [0.1, 0.15) is 5.78 Å². The minimum Gasteiger partial charge on any atom is -0.300 e. The van der Waals surface area contributed by atoms with Crippen LogP contribution in [0, 0.1) is 0 Å². The van der Waals surface area contributed by atoms with E-state index in [1.807, 2.05) is 6.07 Å². The molecular formula is C20H19NO4S. The van der Waals surface area contributed by atoms with Crippen molar-refractivity contribution in [1.82, 2.24) is 4.31 Å². The van der Waals surface area contributed by atoms with Crippen molar-refractivity contribution in [1.29, 1.82) is 0 Å². The van der Waals surface area contributed by atoms with Crippen molar-refractivity contribution < 1.29 is 18.0 Å². The van der Waals surface area contributed by atoms with E-state index in [9.17, 15) is 18.0 Å². The van der Waals surface area contributed by atoms with Gasteiger partial charge in [-0.25, -0.2) is 8.42 Å². The summed E-state index contributed by atoms with van der Waals surface area (Å²) in [5.41, 5.74) is 4.12. The Morgan fingerprint density at radius 2 is 1.81 bits per heavy atom. The number of ketones is 2. The molecule has 0 atom stereocenters. The zero-order valence-corrected chi connectivity index (χ0v) is 15.3. The molecule has 0 unspecified atom stereocenters. The second kappa shape index (κ2) is 6.14. The SMILES string of the molecule is CC(=O)Cc1cc2c(c3c1CCC3=O)CN(S(=O)(=O)c1ccccc1)C2. The first-order chi connectivity index (χ1) is 12.4. The molecule has 1 heterocycles. The molecule has 2 aromatic carbocycles. The molecule has 4 rings (SSSR count). The van der Waals surface area contributed by atoms with Crippen molar-refractivity contribution >= 4 is 21.6 Å². The smallest absolute Gasteiger partial charge is 0.243 e. The van der Waals surface area contributed by atoms with Gasteiger partial charge in [0.05, 0.1) is 4.90 Å². The summed E-state index contributed by atoms with van der Waals surface area (Å²) >= 11 is 0. The lowest BCUT2D eigenvalue weighted by molar-refractivity contribution is -0.116. The molecule has 0 spiro atoms. The summed E-state index contributed by atoms with van der Waals surface area (Å²) in [4.78, 5) is 24.3. The first-order valence-electron chi connectivity index (χ1n) is 8.62. The van der Waals surface area contributed by atoms with E-state index < -0.39 is 10.0 Å². The van der Waals surface area contributed by atoms with Crippen LogP contribution in [0.4, 0.5) is 0 Å². The van der Waals surface area contributed by atoms with Crippen molar-refractivity contribution in [3.05, 3.63) is 64.2 Å². The van der Waals surface area contributed by atoms with Gasteiger partial charge < -0.3 is 0 Å². The summed E-state index contributed by atoms with van der Waals surface area (Å²) in [6.07, 6.45) is 1.35. The Labute approximate surface area is 152 Å². The third-order valence-corrected chi connectivity index (χ3v) is 6.92. The van der Waals surface area contributed by atoms with Crippen LogP contribution in [0.1, 0.15) is 46.0 Å². The number of fused-ring (bicyclic) bond motifs is 3. The van der Waals surface area contributed by atoms with Gasteiger partial charge in [0.2, 0.25) is 10.0 Å². The van der Waals surface area contributed by atoms with Crippen LogP contribution in [0.2, 0.25) is 0 Å². The second-order valence-corrected chi connectivity index (χ2v) is 8.85. The van der Waals surface area contributed by atoms with E-state index in [0.717, 1.165) is 22.3 Å². The summed E-state index contributed by atoms with van der Waals surface area (Å²) in [5, 5.41) is 0. The number of hydrogen-bond acceptors (Lipinski definition) is 4. The van der Waals surface area contributed by atoms with E-state index in [4.69, 9.17) is 0 Å². The van der Waals surface area contributed by atoms with Gasteiger partial charge in [-0.15, -0.1) is 0 Å². The second-order valence-electron chi connectivity index (χ2n) is 6.92. The maximum atomic E-state index is 12.9. The van der Waals surface area contributed by atoms with Gasteiger partial charge in [0.25, 0.3) is 0 Å². The zero-order valence-electron chi connectivity index (χ0n) is 14.5. The molecule has 0 radical (unpaired) electrons. The van der Waals surface area contributed by atoms with E-state index in [1.54, 1.807) is 30.3 Å². The van der Waals surface area contributed by atoms with Crippen LogP contribution in [0.3, 0.4) is 0 Å². The van der Waals surface area contributed by atoms with Gasteiger partial charge in [0, 0.05) is 31.5 Å². The predicted molar refractivity (Wildman–Crippen MR) is 96.4 cm³/mol. The number of sulfonamides is 1. The van der Waals surface area contributed by atoms with E-state index >= 15 is 0 Å². The quantitative estimate of drug-likeness (QED) is 0.831. The molecule has 0 amide bonds. The average Bonchev–Trinajstić information content (AvgIpc) is 3.19. The van der Waals surface area contributed by atoms with Crippen molar-refractivity contribution in [2.75, 3.05) is 0 Å². The molecule has 0 saturated carbocycles.